The first-order valence-electron chi connectivity index (χ1n) is 5.98. The molecule has 3 rings (SSSR count). The second kappa shape index (κ2) is 4.68. The minimum Gasteiger partial charge on any atom is -0.261 e. The van der Waals surface area contributed by atoms with Gasteiger partial charge in [0.1, 0.15) is 0 Å². The van der Waals surface area contributed by atoms with E-state index in [4.69, 9.17) is 0 Å². The van der Waals surface area contributed by atoms with E-state index in [-0.39, 0.29) is 0 Å². The van der Waals surface area contributed by atoms with E-state index in [1.165, 1.54) is 0 Å². The summed E-state index contributed by atoms with van der Waals surface area (Å²) in [4.78, 5) is 4.28. The first-order valence-corrected chi connectivity index (χ1v) is 7.83. The fraction of sp³-hybridized carbons (Fsp3) is 0.154. The molecule has 102 valence electrons. The van der Waals surface area contributed by atoms with Crippen molar-refractivity contribution in [2.75, 3.05) is 6.26 Å². The molecule has 1 aliphatic carbocycles. The van der Waals surface area contributed by atoms with Gasteiger partial charge in [-0.05, 0) is 17.7 Å². The predicted octanol–water partition coefficient (Wildman–Crippen LogP) is 1.70. The summed E-state index contributed by atoms with van der Waals surface area (Å²) >= 11 is 0. The fourth-order valence-electron chi connectivity index (χ4n) is 2.03. The van der Waals surface area contributed by atoms with Gasteiger partial charge in [-0.2, -0.15) is 9.50 Å². The van der Waals surface area contributed by atoms with Gasteiger partial charge in [-0.15, -0.1) is 0 Å². The maximum Gasteiger partial charge on any atom is 0.250 e. The number of hydrogen-bond donors (Lipinski definition) is 1. The van der Waals surface area contributed by atoms with E-state index in [9.17, 15) is 8.42 Å². The van der Waals surface area contributed by atoms with Crippen LogP contribution in [0.1, 0.15) is 12.0 Å². The first-order chi connectivity index (χ1) is 9.51. The van der Waals surface area contributed by atoms with Crippen LogP contribution >= 0.6 is 0 Å². The molecule has 0 saturated heterocycles. The van der Waals surface area contributed by atoms with Crippen LogP contribution in [0.5, 0.6) is 0 Å². The Morgan fingerprint density at radius 2 is 2.15 bits per heavy atom. The molecule has 0 radical (unpaired) electrons. The van der Waals surface area contributed by atoms with E-state index < -0.39 is 10.0 Å². The molecule has 6 nitrogen and oxygen atoms in total. The van der Waals surface area contributed by atoms with Gasteiger partial charge < -0.3 is 0 Å². The Bertz CT molecular complexity index is 859. The number of allylic oxidation sites excluding steroid dienone is 4. The molecule has 2 aromatic heterocycles. The van der Waals surface area contributed by atoms with Crippen LogP contribution in [0.4, 0.5) is 0 Å². The zero-order chi connectivity index (χ0) is 14.2. The number of rotatable bonds is 2. The molecule has 0 atom stereocenters. The van der Waals surface area contributed by atoms with Gasteiger partial charge in [-0.25, -0.2) is 13.4 Å². The van der Waals surface area contributed by atoms with Crippen LogP contribution in [0.2, 0.25) is 0 Å². The lowest BCUT2D eigenvalue weighted by Crippen LogP contribution is -2.02. The topological polar surface area (TPSA) is 88.1 Å². The molecule has 0 bridgehead atoms. The summed E-state index contributed by atoms with van der Waals surface area (Å²) in [5.41, 5.74) is 3.24. The zero-order valence-corrected chi connectivity index (χ0v) is 11.6. The molecule has 0 spiro atoms. The summed E-state index contributed by atoms with van der Waals surface area (Å²) in [7, 11) is -3.34. The third-order valence-corrected chi connectivity index (χ3v) is 3.46. The molecule has 7 heteroatoms. The summed E-state index contributed by atoms with van der Waals surface area (Å²) in [6.07, 6.45) is 10.6. The molecule has 1 aliphatic rings. The maximum absolute atomic E-state index is 11.1. The van der Waals surface area contributed by atoms with E-state index in [1.54, 1.807) is 18.5 Å². The predicted molar refractivity (Wildman–Crippen MR) is 77.9 cm³/mol. The van der Waals surface area contributed by atoms with Gasteiger partial charge >= 0.3 is 0 Å². The van der Waals surface area contributed by atoms with Crippen molar-refractivity contribution in [3.63, 3.8) is 0 Å². The quantitative estimate of drug-likeness (QED) is 0.911. The molecule has 0 unspecified atom stereocenters. The molecule has 0 fully saturated rings. The highest BCUT2D eigenvalue weighted by molar-refractivity contribution is 7.89. The monoisotopic (exact) mass is 288 g/mol. The fourth-order valence-corrected chi connectivity index (χ4v) is 2.59. The van der Waals surface area contributed by atoms with E-state index >= 15 is 0 Å². The summed E-state index contributed by atoms with van der Waals surface area (Å²) in [5.74, 6) is 0. The zero-order valence-electron chi connectivity index (χ0n) is 10.7. The summed E-state index contributed by atoms with van der Waals surface area (Å²) in [5, 5.41) is 7.66. The second-order valence-corrected chi connectivity index (χ2v) is 6.19. The number of sulfonamides is 1. The average Bonchev–Trinajstić information content (AvgIpc) is 2.85. The number of pyridine rings is 1. The number of nitrogens with zero attached hydrogens (tertiary/aromatic N) is 3. The Labute approximate surface area is 116 Å². The molecule has 2 heterocycles. The lowest BCUT2D eigenvalue weighted by atomic mass is 10.00. The van der Waals surface area contributed by atoms with Crippen molar-refractivity contribution in [3.8, 4) is 0 Å². The molecular formula is C13H12N4O2S. The lowest BCUT2D eigenvalue weighted by molar-refractivity contribution is 0.603. The van der Waals surface area contributed by atoms with Crippen molar-refractivity contribution in [1.82, 2.24) is 15.2 Å². The minimum atomic E-state index is -3.34. The van der Waals surface area contributed by atoms with Crippen molar-refractivity contribution in [1.29, 1.82) is 0 Å². The first kappa shape index (κ1) is 12.7. The van der Waals surface area contributed by atoms with Gasteiger partial charge in [0.25, 0.3) is 0 Å². The Morgan fingerprint density at radius 1 is 1.30 bits per heavy atom. The van der Waals surface area contributed by atoms with Gasteiger partial charge in [0.05, 0.1) is 18.2 Å². The number of hydrogen-bond acceptors (Lipinski definition) is 4. The van der Waals surface area contributed by atoms with E-state index in [2.05, 4.69) is 19.6 Å². The van der Waals surface area contributed by atoms with Crippen LogP contribution < -0.4 is 0 Å². The Hall–Kier alpha value is -2.28. The molecule has 0 amide bonds. The van der Waals surface area contributed by atoms with Gasteiger partial charge in [0, 0.05) is 23.6 Å². The van der Waals surface area contributed by atoms with Crippen molar-refractivity contribution in [2.24, 2.45) is 4.40 Å². The number of fused-ring (bicyclic) bond motifs is 1. The van der Waals surface area contributed by atoms with Crippen molar-refractivity contribution in [2.45, 2.75) is 6.42 Å². The Morgan fingerprint density at radius 3 is 2.85 bits per heavy atom. The molecule has 1 N–H and O–H groups in total. The van der Waals surface area contributed by atoms with Gasteiger partial charge in [-0.1, -0.05) is 12.2 Å². The van der Waals surface area contributed by atoms with Crippen LogP contribution in [0.3, 0.4) is 0 Å². The summed E-state index contributed by atoms with van der Waals surface area (Å²) in [6, 6.07) is 1.99. The second-order valence-electron chi connectivity index (χ2n) is 4.54. The number of H-pyrrole nitrogens is 1. The molecule has 0 aliphatic heterocycles. The lowest BCUT2D eigenvalue weighted by Gasteiger charge is -2.08. The largest absolute Gasteiger partial charge is 0.261 e. The van der Waals surface area contributed by atoms with Crippen LogP contribution in [-0.2, 0) is 10.0 Å². The third-order valence-electron chi connectivity index (χ3n) is 2.89. The summed E-state index contributed by atoms with van der Waals surface area (Å²) in [6.45, 7) is 0. The Kier molecular flexibility index (Phi) is 2.98. The van der Waals surface area contributed by atoms with Crippen LogP contribution in [0.25, 0.3) is 16.6 Å². The van der Waals surface area contributed by atoms with Crippen LogP contribution in [0.15, 0.2) is 41.1 Å². The van der Waals surface area contributed by atoms with E-state index in [0.29, 0.717) is 12.1 Å². The van der Waals surface area contributed by atoms with Gasteiger partial charge in [-0.3, -0.25) is 5.10 Å². The van der Waals surface area contributed by atoms with Crippen LogP contribution in [-0.4, -0.2) is 35.6 Å². The third kappa shape index (κ3) is 2.67. The van der Waals surface area contributed by atoms with Gasteiger partial charge in [0.15, 0.2) is 5.65 Å². The molecule has 0 aromatic carbocycles. The van der Waals surface area contributed by atoms with E-state index in [1.807, 2.05) is 18.2 Å². The standard InChI is InChI=1S/C13H12N4O2S/c1-20(18,19)17-12-4-2-9(3-5-12)10-6-11-8-15-16-13(11)14-7-10/h2-4,6-8H,5H2,1H3,(H,14,15,16). The maximum atomic E-state index is 11.1. The Balaban J connectivity index is 1.90. The van der Waals surface area contributed by atoms with Crippen molar-refractivity contribution >= 4 is 32.3 Å². The highest BCUT2D eigenvalue weighted by Crippen LogP contribution is 2.22. The highest BCUT2D eigenvalue weighted by atomic mass is 32.2. The average molecular weight is 288 g/mol. The van der Waals surface area contributed by atoms with Crippen molar-refractivity contribution < 1.29 is 8.42 Å². The molecular weight excluding hydrogens is 276 g/mol. The number of aromatic nitrogens is 3. The number of nitrogens with one attached hydrogen (secondary N) is 1. The molecule has 0 saturated carbocycles. The van der Waals surface area contributed by atoms with Crippen molar-refractivity contribution in [3.05, 3.63) is 42.3 Å². The van der Waals surface area contributed by atoms with Crippen LogP contribution in [0, 0.1) is 0 Å². The molecule has 20 heavy (non-hydrogen) atoms. The smallest absolute Gasteiger partial charge is 0.250 e. The van der Waals surface area contributed by atoms with Gasteiger partial charge in [0.2, 0.25) is 10.0 Å². The van der Waals surface area contributed by atoms with E-state index in [0.717, 1.165) is 28.4 Å². The SMILES string of the molecule is CS(=O)(=O)N=C1C=CC(c2cnc3[nH]ncc3c2)=CC1. The normalized spacial score (nSPS) is 17.6. The minimum absolute atomic E-state index is 0.488. The molecule has 2 aromatic rings. The number of aromatic amines is 1. The summed E-state index contributed by atoms with van der Waals surface area (Å²) < 4.78 is 25.9. The highest BCUT2D eigenvalue weighted by Gasteiger charge is 2.08.